The monoisotopic (exact) mass is 465 g/mol. The van der Waals surface area contributed by atoms with Crippen LogP contribution in [-0.2, 0) is 26.3 Å². The Bertz CT molecular complexity index is 1010. The van der Waals surface area contributed by atoms with Gasteiger partial charge in [-0.05, 0) is 49.8 Å². The van der Waals surface area contributed by atoms with E-state index in [0.717, 1.165) is 24.0 Å². The lowest BCUT2D eigenvalue weighted by atomic mass is 9.73. The first-order chi connectivity index (χ1) is 16.2. The summed E-state index contributed by atoms with van der Waals surface area (Å²) < 4.78 is 5.83. The van der Waals surface area contributed by atoms with Gasteiger partial charge in [-0.15, -0.1) is 0 Å². The molecule has 0 saturated carbocycles. The van der Waals surface area contributed by atoms with Gasteiger partial charge in [0.05, 0.1) is 24.9 Å². The highest BCUT2D eigenvalue weighted by molar-refractivity contribution is 5.91. The summed E-state index contributed by atoms with van der Waals surface area (Å²) in [5, 5.41) is 13.4. The molecule has 0 bridgehead atoms. The van der Waals surface area contributed by atoms with Gasteiger partial charge in [0.1, 0.15) is 6.04 Å². The molecule has 1 aliphatic heterocycles. The summed E-state index contributed by atoms with van der Waals surface area (Å²) in [6.07, 6.45) is 1.79. The highest BCUT2D eigenvalue weighted by Gasteiger charge is 2.46. The minimum Gasteiger partial charge on any atom is -0.388 e. The second-order valence-electron chi connectivity index (χ2n) is 10.2. The van der Waals surface area contributed by atoms with E-state index in [1.807, 2.05) is 48.5 Å². The predicted octanol–water partition coefficient (Wildman–Crippen LogP) is 2.42. The number of rotatable bonds is 7. The van der Waals surface area contributed by atoms with Crippen molar-refractivity contribution in [3.8, 4) is 0 Å². The molecule has 2 amide bonds. The smallest absolute Gasteiger partial charge is 0.247 e. The summed E-state index contributed by atoms with van der Waals surface area (Å²) in [4.78, 5) is 27.8. The van der Waals surface area contributed by atoms with Crippen molar-refractivity contribution in [3.63, 3.8) is 0 Å². The second kappa shape index (κ2) is 9.86. The number of nitrogens with two attached hydrogens (primary N) is 1. The number of carbonyl (C=O) groups is 2. The van der Waals surface area contributed by atoms with Crippen LogP contribution in [0.5, 0.6) is 0 Å². The van der Waals surface area contributed by atoms with E-state index in [1.165, 1.54) is 5.56 Å². The Morgan fingerprint density at radius 3 is 2.47 bits per heavy atom. The fourth-order valence-electron chi connectivity index (χ4n) is 5.10. The molecule has 1 fully saturated rings. The van der Waals surface area contributed by atoms with Gasteiger partial charge in [-0.3, -0.25) is 9.59 Å². The average molecular weight is 466 g/mol. The van der Waals surface area contributed by atoms with E-state index in [4.69, 9.17) is 10.5 Å². The van der Waals surface area contributed by atoms with E-state index in [9.17, 15) is 14.7 Å². The maximum absolute atomic E-state index is 13.5. The lowest BCUT2D eigenvalue weighted by Gasteiger charge is -2.41. The zero-order valence-electron chi connectivity index (χ0n) is 20.0. The minimum atomic E-state index is -1.10. The molecule has 1 spiro atoms. The summed E-state index contributed by atoms with van der Waals surface area (Å²) in [5.74, 6) is -0.553. The van der Waals surface area contributed by atoms with E-state index >= 15 is 0 Å². The number of benzene rings is 2. The molecule has 2 aliphatic rings. The third-order valence-corrected chi connectivity index (χ3v) is 7.09. The number of amides is 2. The maximum atomic E-state index is 13.5. The van der Waals surface area contributed by atoms with Crippen molar-refractivity contribution in [3.05, 3.63) is 71.3 Å². The number of likely N-dealkylation sites (tertiary alicyclic amines) is 1. The first-order valence-corrected chi connectivity index (χ1v) is 12.0. The largest absolute Gasteiger partial charge is 0.388 e. The predicted molar refractivity (Wildman–Crippen MR) is 130 cm³/mol. The van der Waals surface area contributed by atoms with Crippen LogP contribution in [0.2, 0.25) is 0 Å². The first-order valence-electron chi connectivity index (χ1n) is 12.0. The van der Waals surface area contributed by atoms with Crippen molar-refractivity contribution >= 4 is 11.8 Å². The van der Waals surface area contributed by atoms with Crippen molar-refractivity contribution in [2.45, 2.75) is 62.8 Å². The molecule has 4 rings (SSSR count). The Balaban J connectivity index is 1.42. The van der Waals surface area contributed by atoms with Gasteiger partial charge in [0.25, 0.3) is 0 Å². The summed E-state index contributed by atoms with van der Waals surface area (Å²) in [5.41, 5.74) is 7.96. The number of carbonyl (C=O) groups excluding carboxylic acids is 2. The topological polar surface area (TPSA) is 105 Å². The molecule has 4 N–H and O–H groups in total. The average Bonchev–Trinajstić information content (AvgIpc) is 3.10. The molecule has 1 unspecified atom stereocenters. The summed E-state index contributed by atoms with van der Waals surface area (Å²) in [6.45, 7) is 4.78. The molecule has 7 nitrogen and oxygen atoms in total. The van der Waals surface area contributed by atoms with Gasteiger partial charge in [0.2, 0.25) is 11.8 Å². The number of aliphatic hydroxyl groups excluding tert-OH is 1. The number of nitrogens with zero attached hydrogens (tertiary/aromatic N) is 1. The van der Waals surface area contributed by atoms with Crippen LogP contribution in [-0.4, -0.2) is 53.1 Å². The standard InChI is InChI=1S/C27H35N3O4/c1-26(2,28)25(33)29-22(18-34-17-19-8-4-3-5-9-19)24(32)30-14-12-27(13-15-30)16-23(31)20-10-6-7-11-21(20)27/h3-11,22-23,31H,12-18,28H2,1-2H3,(H,29,33)/t22?,23-/m1/s1. The van der Waals surface area contributed by atoms with Crippen LogP contribution in [0.15, 0.2) is 54.6 Å². The van der Waals surface area contributed by atoms with Crippen LogP contribution in [0.3, 0.4) is 0 Å². The molecule has 182 valence electrons. The third kappa shape index (κ3) is 5.17. The third-order valence-electron chi connectivity index (χ3n) is 7.09. The Morgan fingerprint density at radius 1 is 1.15 bits per heavy atom. The van der Waals surface area contributed by atoms with E-state index in [2.05, 4.69) is 11.4 Å². The summed E-state index contributed by atoms with van der Waals surface area (Å²) in [6, 6.07) is 17.0. The lowest BCUT2D eigenvalue weighted by molar-refractivity contribution is -0.140. The number of hydrogen-bond acceptors (Lipinski definition) is 5. The van der Waals surface area contributed by atoms with Gasteiger partial charge in [0, 0.05) is 18.5 Å². The molecule has 1 aliphatic carbocycles. The maximum Gasteiger partial charge on any atom is 0.247 e. The van der Waals surface area contributed by atoms with Crippen molar-refractivity contribution in [1.29, 1.82) is 0 Å². The molecule has 34 heavy (non-hydrogen) atoms. The van der Waals surface area contributed by atoms with Crippen LogP contribution in [0, 0.1) is 0 Å². The minimum absolute atomic E-state index is 0.0682. The van der Waals surface area contributed by atoms with E-state index in [-0.39, 0.29) is 17.9 Å². The molecule has 1 heterocycles. The number of fused-ring (bicyclic) bond motifs is 2. The van der Waals surface area contributed by atoms with Gasteiger partial charge in [-0.1, -0.05) is 54.6 Å². The Labute approximate surface area is 201 Å². The number of nitrogens with one attached hydrogen (secondary N) is 1. The molecule has 2 aromatic rings. The molecular formula is C27H35N3O4. The number of hydrogen-bond donors (Lipinski definition) is 3. The van der Waals surface area contributed by atoms with Gasteiger partial charge < -0.3 is 25.8 Å². The van der Waals surface area contributed by atoms with Crippen molar-refractivity contribution < 1.29 is 19.4 Å². The SMILES string of the molecule is CC(C)(N)C(=O)NC(COCc1ccccc1)C(=O)N1CCC2(CC1)C[C@@H](O)c1ccccc12. The van der Waals surface area contributed by atoms with Crippen LogP contribution in [0.1, 0.15) is 55.9 Å². The van der Waals surface area contributed by atoms with Crippen LogP contribution >= 0.6 is 0 Å². The van der Waals surface area contributed by atoms with Crippen LogP contribution in [0.4, 0.5) is 0 Å². The zero-order valence-corrected chi connectivity index (χ0v) is 20.0. The number of ether oxygens (including phenoxy) is 1. The van der Waals surface area contributed by atoms with Gasteiger partial charge in [-0.2, -0.15) is 0 Å². The number of piperidine rings is 1. The molecule has 7 heteroatoms. The van der Waals surface area contributed by atoms with Crippen molar-refractivity contribution in [2.75, 3.05) is 19.7 Å². The summed E-state index contributed by atoms with van der Waals surface area (Å²) >= 11 is 0. The zero-order chi connectivity index (χ0) is 24.3. The van der Waals surface area contributed by atoms with Gasteiger partial charge in [0.15, 0.2) is 0 Å². The van der Waals surface area contributed by atoms with Crippen molar-refractivity contribution in [2.24, 2.45) is 5.73 Å². The summed E-state index contributed by atoms with van der Waals surface area (Å²) in [7, 11) is 0. The highest BCUT2D eigenvalue weighted by Crippen LogP contribution is 2.50. The molecule has 2 atom stereocenters. The van der Waals surface area contributed by atoms with Crippen molar-refractivity contribution in [1.82, 2.24) is 10.2 Å². The molecule has 0 radical (unpaired) electrons. The Kier molecular flexibility index (Phi) is 7.07. The fourth-order valence-corrected chi connectivity index (χ4v) is 5.10. The first kappa shape index (κ1) is 24.4. The van der Waals surface area contributed by atoms with E-state index in [0.29, 0.717) is 26.1 Å². The Hall–Kier alpha value is -2.74. The molecule has 2 aromatic carbocycles. The molecule has 1 saturated heterocycles. The van der Waals surface area contributed by atoms with Crippen LogP contribution in [0.25, 0.3) is 0 Å². The quantitative estimate of drug-likeness (QED) is 0.583. The normalized spacial score (nSPS) is 20.1. The number of aliphatic hydroxyl groups is 1. The Morgan fingerprint density at radius 2 is 1.79 bits per heavy atom. The fraction of sp³-hybridized carbons (Fsp3) is 0.481. The molecular weight excluding hydrogens is 430 g/mol. The highest BCUT2D eigenvalue weighted by atomic mass is 16.5. The van der Waals surface area contributed by atoms with Crippen LogP contribution < -0.4 is 11.1 Å². The van der Waals surface area contributed by atoms with Gasteiger partial charge in [-0.25, -0.2) is 0 Å². The van der Waals surface area contributed by atoms with E-state index in [1.54, 1.807) is 18.7 Å². The second-order valence-corrected chi connectivity index (χ2v) is 10.2. The lowest BCUT2D eigenvalue weighted by Crippen LogP contribution is -2.59. The molecule has 0 aromatic heterocycles. The van der Waals surface area contributed by atoms with E-state index < -0.39 is 23.6 Å². The van der Waals surface area contributed by atoms with Gasteiger partial charge >= 0.3 is 0 Å².